The predicted molar refractivity (Wildman–Crippen MR) is 152 cm³/mol. The Morgan fingerprint density at radius 3 is 1.31 bits per heavy atom. The van der Waals surface area contributed by atoms with E-state index in [0.29, 0.717) is 0 Å². The van der Waals surface area contributed by atoms with Crippen LogP contribution >= 0.6 is 18.9 Å². The van der Waals surface area contributed by atoms with Crippen LogP contribution in [-0.4, -0.2) is 110 Å². The third-order valence-corrected chi connectivity index (χ3v) is 5.32. The molecule has 5 unspecified atom stereocenters. The Morgan fingerprint density at radius 1 is 0.479 bits per heavy atom. The van der Waals surface area contributed by atoms with Crippen LogP contribution in [0.1, 0.15) is 46.5 Å². The Balaban J connectivity index is 4.87. The molecule has 0 saturated carbocycles. The van der Waals surface area contributed by atoms with E-state index in [1.807, 2.05) is 0 Å². The summed E-state index contributed by atoms with van der Waals surface area (Å²) in [5.41, 5.74) is 0. The molecule has 0 aliphatic heterocycles. The van der Waals surface area contributed by atoms with Crippen LogP contribution in [0.2, 0.25) is 0 Å². The van der Waals surface area contributed by atoms with Gasteiger partial charge in [-0.2, -0.15) is 0 Å². The van der Waals surface area contributed by atoms with E-state index in [0.717, 1.165) is 20.8 Å². The van der Waals surface area contributed by atoms with Gasteiger partial charge in [0.05, 0.1) is 44.6 Å². The van der Waals surface area contributed by atoms with E-state index >= 15 is 0 Å². The molecule has 0 aromatic carbocycles. The number of ether oxygens (including phenoxy) is 8. The molecule has 0 aliphatic carbocycles. The van der Waals surface area contributed by atoms with Gasteiger partial charge in [-0.1, -0.05) is 0 Å². The van der Waals surface area contributed by atoms with Gasteiger partial charge in [-0.15, -0.1) is 0 Å². The third kappa shape index (κ3) is 20.4. The van der Waals surface area contributed by atoms with Crippen molar-refractivity contribution >= 4 is 84.6 Å². The van der Waals surface area contributed by atoms with Crippen molar-refractivity contribution in [2.24, 2.45) is 0 Å². The standard InChI is InChI=1S/C25H32O21P2/c1-12(23(34)38-9-20(31)41-13(2)24(35)39-11-22(33)43-14(3)26)42-21(32)10-40-25(36)15(44-17(28)5-7-19(30)46-48)8-37-16(27)4-6-18(29)45-47/h12-13,15H,4-11,47-48H2,1-3H3. The second-order valence-electron chi connectivity index (χ2n) is 8.69. The summed E-state index contributed by atoms with van der Waals surface area (Å²) < 4.78 is 45.6. The summed E-state index contributed by atoms with van der Waals surface area (Å²) in [4.78, 5) is 128. The highest BCUT2D eigenvalue weighted by atomic mass is 31.0. The lowest BCUT2D eigenvalue weighted by atomic mass is 10.3. The van der Waals surface area contributed by atoms with Gasteiger partial charge in [0, 0.05) is 6.92 Å². The first-order valence-electron chi connectivity index (χ1n) is 13.2. The molecule has 0 spiro atoms. The Kier molecular flexibility index (Phi) is 21.2. The average Bonchev–Trinajstić information content (AvgIpc) is 3.03. The minimum absolute atomic E-state index is 0.376. The minimum atomic E-state index is -1.93. The van der Waals surface area contributed by atoms with E-state index in [2.05, 4.69) is 28.0 Å². The van der Waals surface area contributed by atoms with Gasteiger partial charge in [0.25, 0.3) is 0 Å². The molecule has 48 heavy (non-hydrogen) atoms. The second-order valence-corrected chi connectivity index (χ2v) is 9.17. The van der Waals surface area contributed by atoms with Gasteiger partial charge in [0.2, 0.25) is 6.10 Å². The van der Waals surface area contributed by atoms with Crippen LogP contribution in [0.3, 0.4) is 0 Å². The molecule has 0 heterocycles. The second kappa shape index (κ2) is 23.5. The maximum absolute atomic E-state index is 12.5. The molecule has 0 aliphatic rings. The Morgan fingerprint density at radius 2 is 0.875 bits per heavy atom. The summed E-state index contributed by atoms with van der Waals surface area (Å²) >= 11 is 0. The van der Waals surface area contributed by atoms with E-state index in [9.17, 15) is 52.7 Å². The number of esters is 9. The van der Waals surface area contributed by atoms with Crippen LogP contribution in [0.5, 0.6) is 0 Å². The molecule has 21 nitrogen and oxygen atoms in total. The highest BCUT2D eigenvalue weighted by Crippen LogP contribution is 2.07. The SMILES string of the molecule is CC(=O)OC(=O)COC(=O)C(C)OC(=O)COC(=O)C(C)OC(=O)COC(=O)C(COC(=O)CCC(=O)OP)OC(=O)CCC(=O)OP. The largest absolute Gasteiger partial charge is 0.461 e. The zero-order valence-corrected chi connectivity index (χ0v) is 27.9. The van der Waals surface area contributed by atoms with Gasteiger partial charge in [0.1, 0.15) is 6.61 Å². The van der Waals surface area contributed by atoms with E-state index in [-0.39, 0.29) is 6.42 Å². The van der Waals surface area contributed by atoms with Crippen molar-refractivity contribution in [3.8, 4) is 0 Å². The smallest absolute Gasteiger partial charge is 0.351 e. The third-order valence-electron chi connectivity index (χ3n) is 4.80. The fourth-order valence-electron chi connectivity index (χ4n) is 2.60. The number of hydrogen-bond donors (Lipinski definition) is 0. The molecule has 0 amide bonds. The van der Waals surface area contributed by atoms with Crippen molar-refractivity contribution in [3.05, 3.63) is 0 Å². The number of hydrogen-bond acceptors (Lipinski definition) is 21. The van der Waals surface area contributed by atoms with Crippen molar-refractivity contribution in [1.82, 2.24) is 0 Å². The van der Waals surface area contributed by atoms with Crippen molar-refractivity contribution < 1.29 is 99.7 Å². The first kappa shape index (κ1) is 43.2. The summed E-state index contributed by atoms with van der Waals surface area (Å²) in [5.74, 6) is -12.3. The van der Waals surface area contributed by atoms with Gasteiger partial charge in [0.15, 0.2) is 32.0 Å². The summed E-state index contributed by atoms with van der Waals surface area (Å²) in [5, 5.41) is 0. The molecule has 0 aromatic heterocycles. The summed E-state index contributed by atoms with van der Waals surface area (Å²) in [7, 11) is 3.35. The van der Waals surface area contributed by atoms with Crippen LogP contribution in [-0.2, 0) is 99.7 Å². The maximum Gasteiger partial charge on any atom is 0.351 e. The lowest BCUT2D eigenvalue weighted by Gasteiger charge is -2.17. The van der Waals surface area contributed by atoms with Crippen molar-refractivity contribution in [2.75, 3.05) is 26.4 Å². The monoisotopic (exact) mass is 730 g/mol. The zero-order chi connectivity index (χ0) is 36.8. The number of rotatable bonds is 20. The Labute approximate surface area is 275 Å². The van der Waals surface area contributed by atoms with Gasteiger partial charge >= 0.3 is 65.7 Å². The van der Waals surface area contributed by atoms with E-state index in [1.54, 1.807) is 18.9 Å². The van der Waals surface area contributed by atoms with Crippen LogP contribution in [0.25, 0.3) is 0 Å². The molecule has 0 fully saturated rings. The molecule has 0 N–H and O–H groups in total. The molecule has 0 aromatic rings. The zero-order valence-electron chi connectivity index (χ0n) is 25.6. The quantitative estimate of drug-likeness (QED) is 0.0581. The number of carbonyl (C=O) groups is 11. The lowest BCUT2D eigenvalue weighted by molar-refractivity contribution is -0.182. The highest BCUT2D eigenvalue weighted by Gasteiger charge is 2.29. The van der Waals surface area contributed by atoms with E-state index < -0.39 is 130 Å². The molecule has 0 radical (unpaired) electrons. The van der Waals surface area contributed by atoms with Gasteiger partial charge in [-0.05, 0) is 13.8 Å². The Hall–Kier alpha value is -4.77. The van der Waals surface area contributed by atoms with Crippen molar-refractivity contribution in [3.63, 3.8) is 0 Å². The van der Waals surface area contributed by atoms with Gasteiger partial charge < -0.3 is 46.9 Å². The fraction of sp³-hybridized carbons (Fsp3) is 0.560. The number of carbonyl (C=O) groups excluding carboxylic acids is 11. The van der Waals surface area contributed by atoms with Gasteiger partial charge in [-0.25, -0.2) is 28.8 Å². The van der Waals surface area contributed by atoms with Crippen molar-refractivity contribution in [2.45, 2.75) is 64.8 Å². The van der Waals surface area contributed by atoms with E-state index in [1.165, 1.54) is 0 Å². The molecule has 5 atom stereocenters. The Bertz CT molecular complexity index is 1230. The molecule has 0 rings (SSSR count). The molecule has 0 saturated heterocycles. The van der Waals surface area contributed by atoms with Crippen LogP contribution in [0, 0.1) is 0 Å². The topological polar surface area (TPSA) is 280 Å². The summed E-state index contributed by atoms with van der Waals surface area (Å²) in [6.07, 6.45) is -7.00. The molecular weight excluding hydrogens is 698 g/mol. The van der Waals surface area contributed by atoms with Crippen molar-refractivity contribution in [1.29, 1.82) is 0 Å². The highest BCUT2D eigenvalue weighted by molar-refractivity contribution is 7.11. The predicted octanol–water partition coefficient (Wildman–Crippen LogP) is -1.75. The van der Waals surface area contributed by atoms with Crippen LogP contribution < -0.4 is 0 Å². The summed E-state index contributed by atoms with van der Waals surface area (Å²) in [6, 6.07) is 0. The summed E-state index contributed by atoms with van der Waals surface area (Å²) in [6.45, 7) is -1.04. The molecular formula is C25H32O21P2. The average molecular weight is 730 g/mol. The van der Waals surface area contributed by atoms with Gasteiger partial charge in [-0.3, -0.25) is 24.0 Å². The molecule has 268 valence electrons. The van der Waals surface area contributed by atoms with E-state index in [4.69, 9.17) is 18.9 Å². The fourth-order valence-corrected chi connectivity index (χ4v) is 2.84. The van der Waals surface area contributed by atoms with Crippen LogP contribution in [0.15, 0.2) is 0 Å². The molecule has 0 bridgehead atoms. The van der Waals surface area contributed by atoms with Crippen LogP contribution in [0.4, 0.5) is 0 Å². The lowest BCUT2D eigenvalue weighted by Crippen LogP contribution is -2.36. The first-order chi connectivity index (χ1) is 22.5. The maximum atomic E-state index is 12.5. The minimum Gasteiger partial charge on any atom is -0.461 e. The first-order valence-corrected chi connectivity index (χ1v) is 14.2. The molecule has 23 heteroatoms. The normalized spacial score (nSPS) is 11.9.